The van der Waals surface area contributed by atoms with Gasteiger partial charge in [0.1, 0.15) is 24.6 Å². The van der Waals surface area contributed by atoms with Crippen LogP contribution < -0.4 is 5.73 Å². The van der Waals surface area contributed by atoms with Crippen LogP contribution in [-0.4, -0.2) is 59.8 Å². The lowest BCUT2D eigenvalue weighted by Crippen LogP contribution is -2.33. The van der Waals surface area contributed by atoms with E-state index in [2.05, 4.69) is 15.0 Å². The van der Waals surface area contributed by atoms with Crippen LogP contribution >= 0.6 is 11.6 Å². The van der Waals surface area contributed by atoms with Crippen LogP contribution in [0.4, 0.5) is 5.82 Å². The molecule has 0 aromatic carbocycles. The van der Waals surface area contributed by atoms with Crippen molar-refractivity contribution in [3.63, 3.8) is 0 Å². The summed E-state index contributed by atoms with van der Waals surface area (Å²) in [4.78, 5) is 11.8. The smallest absolute Gasteiger partial charge is 0.207 e. The molecule has 5 N–H and O–H groups in total. The summed E-state index contributed by atoms with van der Waals surface area (Å²) in [5.41, 5.74) is 6.22. The number of nitrogens with two attached hydrogens (primary N) is 1. The second-order valence-corrected chi connectivity index (χ2v) is 4.75. The van der Waals surface area contributed by atoms with Gasteiger partial charge in [-0.15, -0.1) is 0 Å². The Morgan fingerprint density at radius 1 is 1.35 bits per heavy atom. The van der Waals surface area contributed by atoms with Crippen LogP contribution in [0, 0.1) is 0 Å². The van der Waals surface area contributed by atoms with Gasteiger partial charge >= 0.3 is 0 Å². The van der Waals surface area contributed by atoms with Crippen LogP contribution in [0.1, 0.15) is 6.23 Å². The predicted octanol–water partition coefficient (Wildman–Crippen LogP) is -1.33. The molecule has 1 aliphatic rings. The van der Waals surface area contributed by atoms with Gasteiger partial charge in [0.25, 0.3) is 0 Å². The maximum Gasteiger partial charge on any atom is 0.207 e. The Kier molecular flexibility index (Phi) is 3.22. The van der Waals surface area contributed by atoms with Crippen LogP contribution in [0.3, 0.4) is 0 Å². The highest BCUT2D eigenvalue weighted by molar-refractivity contribution is 6.29. The van der Waals surface area contributed by atoms with Gasteiger partial charge in [-0.1, -0.05) is 0 Å². The summed E-state index contributed by atoms with van der Waals surface area (Å²) < 4.78 is 6.70. The van der Waals surface area contributed by atoms with Crippen molar-refractivity contribution in [1.29, 1.82) is 0 Å². The number of nitrogens with zero attached hydrogens (tertiary/aromatic N) is 4. The fourth-order valence-electron chi connectivity index (χ4n) is 2.22. The first-order valence-corrected chi connectivity index (χ1v) is 6.18. The predicted molar refractivity (Wildman–Crippen MR) is 67.8 cm³/mol. The number of hydrogen-bond acceptors (Lipinski definition) is 8. The summed E-state index contributed by atoms with van der Waals surface area (Å²) in [7, 11) is 0. The highest BCUT2D eigenvalue weighted by atomic mass is 35.5. The average molecular weight is 302 g/mol. The number of rotatable bonds is 2. The monoisotopic (exact) mass is 301 g/mol. The van der Waals surface area contributed by atoms with Crippen LogP contribution in [0.2, 0.25) is 5.28 Å². The SMILES string of the molecule is Nc1ncnc2c1nc(Cl)n2[C@@H]1O[C@H](CO)[C@H](O)[C@@H]1O. The van der Waals surface area contributed by atoms with E-state index < -0.39 is 31.1 Å². The summed E-state index contributed by atoms with van der Waals surface area (Å²) in [6.45, 7) is -0.434. The first-order valence-electron chi connectivity index (χ1n) is 5.81. The Morgan fingerprint density at radius 2 is 2.10 bits per heavy atom. The minimum absolute atomic E-state index is 0.0120. The van der Waals surface area contributed by atoms with Gasteiger partial charge in [-0.05, 0) is 11.6 Å². The van der Waals surface area contributed by atoms with E-state index >= 15 is 0 Å². The third-order valence-electron chi connectivity index (χ3n) is 3.23. The van der Waals surface area contributed by atoms with Crippen molar-refractivity contribution < 1.29 is 20.1 Å². The number of ether oxygens (including phenoxy) is 1. The molecule has 0 unspecified atom stereocenters. The van der Waals surface area contributed by atoms with E-state index in [-0.39, 0.29) is 22.3 Å². The van der Waals surface area contributed by atoms with Gasteiger partial charge in [0.2, 0.25) is 5.28 Å². The Morgan fingerprint density at radius 3 is 2.75 bits per heavy atom. The Labute approximate surface area is 117 Å². The molecular weight excluding hydrogens is 290 g/mol. The largest absolute Gasteiger partial charge is 0.394 e. The van der Waals surface area contributed by atoms with Crippen molar-refractivity contribution in [2.24, 2.45) is 0 Å². The minimum atomic E-state index is -1.28. The number of anilines is 1. The standard InChI is InChI=1S/C10H12ClN5O4/c11-10-15-4-7(12)13-2-14-8(4)16(10)9-6(19)5(18)3(1-17)20-9/h2-3,5-6,9,17-19H,1H2,(H2,12,13,14)/t3-,5+,6+,9-/m1/s1. The lowest BCUT2D eigenvalue weighted by molar-refractivity contribution is -0.0509. The summed E-state index contributed by atoms with van der Waals surface area (Å²) in [5.74, 6) is 0.141. The molecule has 20 heavy (non-hydrogen) atoms. The van der Waals surface area contributed by atoms with Crippen LogP contribution in [0.25, 0.3) is 11.2 Å². The van der Waals surface area contributed by atoms with E-state index in [1.807, 2.05) is 0 Å². The highest BCUT2D eigenvalue weighted by Crippen LogP contribution is 2.34. The molecule has 3 heterocycles. The van der Waals surface area contributed by atoms with E-state index in [9.17, 15) is 10.2 Å². The normalized spacial score (nSPS) is 30.2. The molecule has 2 aromatic heterocycles. The fourth-order valence-corrected chi connectivity index (χ4v) is 2.48. The zero-order valence-electron chi connectivity index (χ0n) is 10.1. The van der Waals surface area contributed by atoms with Gasteiger partial charge in [-0.25, -0.2) is 15.0 Å². The molecule has 0 amide bonds. The average Bonchev–Trinajstić information content (AvgIpc) is 2.90. The van der Waals surface area contributed by atoms with Crippen molar-refractivity contribution in [3.8, 4) is 0 Å². The number of hydrogen-bond donors (Lipinski definition) is 4. The second kappa shape index (κ2) is 4.79. The minimum Gasteiger partial charge on any atom is -0.394 e. The Hall–Kier alpha value is -1.52. The van der Waals surface area contributed by atoms with Crippen molar-refractivity contribution >= 4 is 28.6 Å². The third-order valence-corrected chi connectivity index (χ3v) is 3.50. The lowest BCUT2D eigenvalue weighted by atomic mass is 10.1. The van der Waals surface area contributed by atoms with E-state index in [0.29, 0.717) is 0 Å². The molecule has 0 spiro atoms. The van der Waals surface area contributed by atoms with Crippen LogP contribution in [0.15, 0.2) is 6.33 Å². The zero-order valence-corrected chi connectivity index (χ0v) is 10.8. The van der Waals surface area contributed by atoms with E-state index in [0.717, 1.165) is 0 Å². The number of aromatic nitrogens is 4. The fraction of sp³-hybridized carbons (Fsp3) is 0.500. The quantitative estimate of drug-likeness (QED) is 0.500. The van der Waals surface area contributed by atoms with Gasteiger partial charge in [-0.2, -0.15) is 0 Å². The van der Waals surface area contributed by atoms with Crippen LogP contribution in [0.5, 0.6) is 0 Å². The maximum atomic E-state index is 10.0. The number of nitrogen functional groups attached to an aromatic ring is 1. The molecule has 4 atom stereocenters. The second-order valence-electron chi connectivity index (χ2n) is 4.41. The molecule has 1 aliphatic heterocycles. The molecular formula is C10H12ClN5O4. The van der Waals surface area contributed by atoms with Gasteiger partial charge in [-0.3, -0.25) is 4.57 Å². The topological polar surface area (TPSA) is 140 Å². The maximum absolute atomic E-state index is 10.0. The molecule has 108 valence electrons. The van der Waals surface area contributed by atoms with E-state index in [1.54, 1.807) is 0 Å². The molecule has 1 saturated heterocycles. The molecule has 0 bridgehead atoms. The molecule has 3 rings (SSSR count). The van der Waals surface area contributed by atoms with Crippen molar-refractivity contribution in [1.82, 2.24) is 19.5 Å². The summed E-state index contributed by atoms with van der Waals surface area (Å²) in [5, 5.41) is 28.9. The third kappa shape index (κ3) is 1.83. The Bertz CT molecular complexity index is 650. The van der Waals surface area contributed by atoms with Gasteiger partial charge in [0, 0.05) is 0 Å². The molecule has 9 nitrogen and oxygen atoms in total. The van der Waals surface area contributed by atoms with E-state index in [4.69, 9.17) is 27.2 Å². The van der Waals surface area contributed by atoms with Gasteiger partial charge < -0.3 is 25.8 Å². The van der Waals surface area contributed by atoms with Crippen molar-refractivity contribution in [2.75, 3.05) is 12.3 Å². The van der Waals surface area contributed by atoms with Crippen molar-refractivity contribution in [2.45, 2.75) is 24.5 Å². The molecule has 1 fully saturated rings. The first-order chi connectivity index (χ1) is 9.54. The first kappa shape index (κ1) is 13.5. The lowest BCUT2D eigenvalue weighted by Gasteiger charge is -2.17. The zero-order chi connectivity index (χ0) is 14.4. The highest BCUT2D eigenvalue weighted by Gasteiger charge is 2.44. The number of aliphatic hydroxyl groups is 3. The van der Waals surface area contributed by atoms with Crippen LogP contribution in [-0.2, 0) is 4.74 Å². The molecule has 10 heteroatoms. The summed E-state index contributed by atoms with van der Waals surface area (Å²) in [6.07, 6.45) is -3.22. The molecule has 0 aliphatic carbocycles. The molecule has 0 radical (unpaired) electrons. The Balaban J connectivity index is 2.11. The number of halogens is 1. The number of fused-ring (bicyclic) bond motifs is 1. The number of imidazole rings is 1. The van der Waals surface area contributed by atoms with Gasteiger partial charge in [0.15, 0.2) is 23.2 Å². The van der Waals surface area contributed by atoms with Gasteiger partial charge in [0.05, 0.1) is 6.61 Å². The number of aliphatic hydroxyl groups excluding tert-OH is 3. The van der Waals surface area contributed by atoms with Crippen molar-refractivity contribution in [3.05, 3.63) is 11.6 Å². The molecule has 0 saturated carbocycles. The summed E-state index contributed by atoms with van der Waals surface area (Å²) >= 11 is 6.02. The summed E-state index contributed by atoms with van der Waals surface area (Å²) in [6, 6.07) is 0. The van der Waals surface area contributed by atoms with E-state index in [1.165, 1.54) is 10.9 Å². The molecule has 2 aromatic rings.